The van der Waals surface area contributed by atoms with E-state index in [0.717, 1.165) is 13.1 Å². The standard InChI is InChI=1S/C13H22N4O2S/c1-20(18,19)16-8-7-14-9-12-10-15-17-13(12)11-5-3-2-4-6-11/h2-6,12-17H,7-10H2,1H3. The molecule has 0 aliphatic carbocycles. The predicted molar refractivity (Wildman–Crippen MR) is 79.5 cm³/mol. The lowest BCUT2D eigenvalue weighted by molar-refractivity contribution is 0.443. The Morgan fingerprint density at radius 1 is 1.25 bits per heavy atom. The van der Waals surface area contributed by atoms with E-state index in [1.807, 2.05) is 18.2 Å². The van der Waals surface area contributed by atoms with Crippen molar-refractivity contribution in [2.45, 2.75) is 6.04 Å². The SMILES string of the molecule is CS(=O)(=O)NCCNCC1CNNC1c1ccccc1. The van der Waals surface area contributed by atoms with Crippen LogP contribution in [0.5, 0.6) is 0 Å². The van der Waals surface area contributed by atoms with Crippen molar-refractivity contribution in [1.29, 1.82) is 0 Å². The van der Waals surface area contributed by atoms with Crippen LogP contribution >= 0.6 is 0 Å². The van der Waals surface area contributed by atoms with Gasteiger partial charge < -0.3 is 5.32 Å². The summed E-state index contributed by atoms with van der Waals surface area (Å²) in [4.78, 5) is 0. The Balaban J connectivity index is 1.75. The highest BCUT2D eigenvalue weighted by Crippen LogP contribution is 2.23. The van der Waals surface area contributed by atoms with Crippen LogP contribution in [-0.2, 0) is 10.0 Å². The van der Waals surface area contributed by atoms with Crippen LogP contribution < -0.4 is 20.9 Å². The van der Waals surface area contributed by atoms with E-state index in [1.54, 1.807) is 0 Å². The van der Waals surface area contributed by atoms with Crippen molar-refractivity contribution in [1.82, 2.24) is 20.9 Å². The second-order valence-electron chi connectivity index (χ2n) is 5.04. The molecule has 1 fully saturated rings. The van der Waals surface area contributed by atoms with E-state index in [4.69, 9.17) is 0 Å². The van der Waals surface area contributed by atoms with Gasteiger partial charge in [0.25, 0.3) is 0 Å². The average molecular weight is 298 g/mol. The third-order valence-corrected chi connectivity index (χ3v) is 4.05. The van der Waals surface area contributed by atoms with Gasteiger partial charge in [-0.3, -0.25) is 5.43 Å². The fourth-order valence-corrected chi connectivity index (χ4v) is 2.83. The van der Waals surface area contributed by atoms with Gasteiger partial charge in [-0.05, 0) is 5.56 Å². The Morgan fingerprint density at radius 2 is 2.00 bits per heavy atom. The first-order valence-corrected chi connectivity index (χ1v) is 8.64. The molecule has 1 aliphatic rings. The van der Waals surface area contributed by atoms with Crippen molar-refractivity contribution in [3.63, 3.8) is 0 Å². The Hall–Kier alpha value is -0.990. The Kier molecular flexibility index (Phi) is 5.50. The van der Waals surface area contributed by atoms with Crippen LogP contribution in [0, 0.1) is 5.92 Å². The van der Waals surface area contributed by atoms with Crippen LogP contribution in [0.4, 0.5) is 0 Å². The molecule has 112 valence electrons. The van der Waals surface area contributed by atoms with E-state index in [0.29, 0.717) is 19.0 Å². The summed E-state index contributed by atoms with van der Waals surface area (Å²) in [5, 5.41) is 3.29. The number of hydrazine groups is 1. The molecule has 1 heterocycles. The highest BCUT2D eigenvalue weighted by atomic mass is 32.2. The molecule has 6 nitrogen and oxygen atoms in total. The van der Waals surface area contributed by atoms with Crippen molar-refractivity contribution in [3.8, 4) is 0 Å². The van der Waals surface area contributed by atoms with Gasteiger partial charge in [0.2, 0.25) is 10.0 Å². The Bertz CT molecular complexity index is 506. The molecular weight excluding hydrogens is 276 g/mol. The zero-order chi connectivity index (χ0) is 14.4. The maximum absolute atomic E-state index is 10.9. The normalized spacial score (nSPS) is 23.1. The molecule has 1 aromatic carbocycles. The average Bonchev–Trinajstić information content (AvgIpc) is 2.86. The summed E-state index contributed by atoms with van der Waals surface area (Å²) in [5.41, 5.74) is 7.73. The van der Waals surface area contributed by atoms with E-state index in [1.165, 1.54) is 11.8 Å². The molecule has 0 bridgehead atoms. The number of hydrogen-bond acceptors (Lipinski definition) is 5. The predicted octanol–water partition coefficient (Wildman–Crippen LogP) is -0.409. The minimum atomic E-state index is -3.09. The van der Waals surface area contributed by atoms with Crippen LogP contribution in [0.15, 0.2) is 30.3 Å². The Labute approximate surface area is 120 Å². The summed E-state index contributed by atoms with van der Waals surface area (Å²) in [7, 11) is -3.09. The topological polar surface area (TPSA) is 82.3 Å². The van der Waals surface area contributed by atoms with Crippen LogP contribution in [0.1, 0.15) is 11.6 Å². The molecule has 1 aromatic rings. The van der Waals surface area contributed by atoms with Gasteiger partial charge in [-0.2, -0.15) is 0 Å². The Morgan fingerprint density at radius 3 is 2.70 bits per heavy atom. The number of rotatable bonds is 7. The number of nitrogens with one attached hydrogen (secondary N) is 4. The summed E-state index contributed by atoms with van der Waals surface area (Å²) < 4.78 is 24.3. The van der Waals surface area contributed by atoms with Crippen LogP contribution in [-0.4, -0.2) is 40.9 Å². The van der Waals surface area contributed by atoms with Gasteiger partial charge >= 0.3 is 0 Å². The van der Waals surface area contributed by atoms with Crippen molar-refractivity contribution < 1.29 is 8.42 Å². The van der Waals surface area contributed by atoms with Crippen molar-refractivity contribution in [3.05, 3.63) is 35.9 Å². The first kappa shape index (κ1) is 15.4. The summed E-state index contributed by atoms with van der Waals surface area (Å²) in [6.07, 6.45) is 1.17. The van der Waals surface area contributed by atoms with E-state index < -0.39 is 10.0 Å². The monoisotopic (exact) mass is 298 g/mol. The third kappa shape index (κ3) is 4.84. The van der Waals surface area contributed by atoms with E-state index >= 15 is 0 Å². The lowest BCUT2D eigenvalue weighted by atomic mass is 9.95. The maximum atomic E-state index is 10.9. The maximum Gasteiger partial charge on any atom is 0.208 e. The molecule has 2 atom stereocenters. The van der Waals surface area contributed by atoms with Gasteiger partial charge in [-0.25, -0.2) is 18.6 Å². The van der Waals surface area contributed by atoms with Gasteiger partial charge in [0, 0.05) is 32.1 Å². The molecule has 4 N–H and O–H groups in total. The molecular formula is C13H22N4O2S. The second kappa shape index (κ2) is 7.14. The van der Waals surface area contributed by atoms with Crippen molar-refractivity contribution in [2.24, 2.45) is 5.92 Å². The van der Waals surface area contributed by atoms with Gasteiger partial charge in [0.05, 0.1) is 12.3 Å². The molecule has 20 heavy (non-hydrogen) atoms. The van der Waals surface area contributed by atoms with Crippen LogP contribution in [0.3, 0.4) is 0 Å². The van der Waals surface area contributed by atoms with E-state index in [2.05, 4.69) is 33.0 Å². The summed E-state index contributed by atoms with van der Waals surface area (Å²) in [6, 6.07) is 10.6. The molecule has 0 amide bonds. The highest BCUT2D eigenvalue weighted by Gasteiger charge is 2.27. The van der Waals surface area contributed by atoms with Crippen molar-refractivity contribution >= 4 is 10.0 Å². The number of benzene rings is 1. The van der Waals surface area contributed by atoms with Gasteiger partial charge in [0.15, 0.2) is 0 Å². The highest BCUT2D eigenvalue weighted by molar-refractivity contribution is 7.88. The molecule has 0 spiro atoms. The second-order valence-corrected chi connectivity index (χ2v) is 6.88. The van der Waals surface area contributed by atoms with E-state index in [-0.39, 0.29) is 6.04 Å². The van der Waals surface area contributed by atoms with E-state index in [9.17, 15) is 8.42 Å². The molecule has 0 aromatic heterocycles. The third-order valence-electron chi connectivity index (χ3n) is 3.32. The summed E-state index contributed by atoms with van der Waals surface area (Å²) in [6.45, 7) is 2.78. The summed E-state index contributed by atoms with van der Waals surface area (Å²) >= 11 is 0. The van der Waals surface area contributed by atoms with Crippen LogP contribution in [0.2, 0.25) is 0 Å². The minimum absolute atomic E-state index is 0.284. The molecule has 2 rings (SSSR count). The molecule has 0 radical (unpaired) electrons. The van der Waals surface area contributed by atoms with Gasteiger partial charge in [-0.1, -0.05) is 30.3 Å². The lowest BCUT2D eigenvalue weighted by Gasteiger charge is -2.19. The van der Waals surface area contributed by atoms with Crippen molar-refractivity contribution in [2.75, 3.05) is 32.4 Å². The van der Waals surface area contributed by atoms with Gasteiger partial charge in [0.1, 0.15) is 0 Å². The molecule has 1 saturated heterocycles. The number of hydrogen-bond donors (Lipinski definition) is 4. The number of sulfonamides is 1. The quantitative estimate of drug-likeness (QED) is 0.515. The minimum Gasteiger partial charge on any atom is -0.315 e. The fourth-order valence-electron chi connectivity index (χ4n) is 2.35. The first-order valence-electron chi connectivity index (χ1n) is 6.75. The lowest BCUT2D eigenvalue weighted by Crippen LogP contribution is -2.35. The molecule has 1 aliphatic heterocycles. The fraction of sp³-hybridized carbons (Fsp3) is 0.538. The van der Waals surface area contributed by atoms with Crippen LogP contribution in [0.25, 0.3) is 0 Å². The zero-order valence-corrected chi connectivity index (χ0v) is 12.4. The summed E-state index contributed by atoms with van der Waals surface area (Å²) in [5.74, 6) is 0.440. The largest absolute Gasteiger partial charge is 0.315 e. The molecule has 7 heteroatoms. The van der Waals surface area contributed by atoms with Gasteiger partial charge in [-0.15, -0.1) is 0 Å². The molecule has 0 saturated carbocycles. The first-order chi connectivity index (χ1) is 9.56. The smallest absolute Gasteiger partial charge is 0.208 e. The molecule has 2 unspecified atom stereocenters. The zero-order valence-electron chi connectivity index (χ0n) is 11.6.